The van der Waals surface area contributed by atoms with Gasteiger partial charge in [0, 0.05) is 25.8 Å². The maximum atomic E-state index is 13.0. The third kappa shape index (κ3) is 5.36. The molecule has 29 heavy (non-hydrogen) atoms. The van der Waals surface area contributed by atoms with Crippen molar-refractivity contribution in [3.05, 3.63) is 54.6 Å². The molecule has 0 aliphatic carbocycles. The largest absolute Gasteiger partial charge is 0.325 e. The molecule has 3 rings (SSSR count). The van der Waals surface area contributed by atoms with Gasteiger partial charge in [-0.25, -0.2) is 8.42 Å². The van der Waals surface area contributed by atoms with E-state index in [-0.39, 0.29) is 10.8 Å². The van der Waals surface area contributed by atoms with Crippen LogP contribution in [0.2, 0.25) is 0 Å². The minimum atomic E-state index is -3.72. The molecule has 0 saturated carbocycles. The monoisotopic (exact) mass is 415 g/mol. The van der Waals surface area contributed by atoms with E-state index < -0.39 is 10.0 Å². The van der Waals surface area contributed by atoms with Gasteiger partial charge in [0.1, 0.15) is 0 Å². The Bertz CT molecular complexity index is 937. The first-order valence-electron chi connectivity index (χ1n) is 9.92. The summed E-state index contributed by atoms with van der Waals surface area (Å²) in [6, 6.07) is 15.3. The molecule has 7 heteroatoms. The molecule has 6 nitrogen and oxygen atoms in total. The average Bonchev–Trinajstić information content (AvgIpc) is 2.67. The number of anilines is 2. The molecule has 0 spiro atoms. The first-order valence-corrected chi connectivity index (χ1v) is 11.4. The maximum absolute atomic E-state index is 13.0. The highest BCUT2D eigenvalue weighted by atomic mass is 32.2. The van der Waals surface area contributed by atoms with Crippen molar-refractivity contribution in [1.82, 2.24) is 4.90 Å². The van der Waals surface area contributed by atoms with Crippen molar-refractivity contribution in [3.63, 3.8) is 0 Å². The molecule has 1 amide bonds. The lowest BCUT2D eigenvalue weighted by Gasteiger charge is -2.34. The molecule has 2 aromatic carbocycles. The number of carbonyl (C=O) groups is 1. The van der Waals surface area contributed by atoms with Crippen LogP contribution in [0.1, 0.15) is 20.3 Å². The lowest BCUT2D eigenvalue weighted by molar-refractivity contribution is -0.117. The van der Waals surface area contributed by atoms with E-state index in [0.717, 1.165) is 13.1 Å². The number of hydrogen-bond donors (Lipinski definition) is 1. The number of carbonyl (C=O) groups excluding carboxylic acids is 1. The Morgan fingerprint density at radius 2 is 1.72 bits per heavy atom. The van der Waals surface area contributed by atoms with Crippen molar-refractivity contribution >= 4 is 27.3 Å². The molecule has 2 aromatic rings. The molecular weight excluding hydrogens is 386 g/mol. The summed E-state index contributed by atoms with van der Waals surface area (Å²) in [5.74, 6) is 1.03. The highest BCUT2D eigenvalue weighted by molar-refractivity contribution is 7.92. The van der Waals surface area contributed by atoms with Gasteiger partial charge in [-0.3, -0.25) is 14.0 Å². The number of amides is 1. The zero-order valence-electron chi connectivity index (χ0n) is 17.2. The Labute approximate surface area is 173 Å². The summed E-state index contributed by atoms with van der Waals surface area (Å²) in [6.45, 7) is 6.55. The van der Waals surface area contributed by atoms with Gasteiger partial charge in [-0.05, 0) is 48.6 Å². The fourth-order valence-corrected chi connectivity index (χ4v) is 5.24. The summed E-state index contributed by atoms with van der Waals surface area (Å²) in [7, 11) is -2.20. The number of hydrogen-bond acceptors (Lipinski definition) is 4. The van der Waals surface area contributed by atoms with E-state index in [0.29, 0.717) is 29.8 Å². The fourth-order valence-electron chi connectivity index (χ4n) is 3.99. The van der Waals surface area contributed by atoms with Gasteiger partial charge in [0.25, 0.3) is 10.0 Å². The van der Waals surface area contributed by atoms with Gasteiger partial charge in [-0.2, -0.15) is 0 Å². The highest BCUT2D eigenvalue weighted by Gasteiger charge is 2.24. The molecule has 0 radical (unpaired) electrons. The van der Waals surface area contributed by atoms with Crippen LogP contribution in [-0.2, 0) is 14.8 Å². The Kier molecular flexibility index (Phi) is 6.59. The number of piperidine rings is 1. The second-order valence-electron chi connectivity index (χ2n) is 8.02. The van der Waals surface area contributed by atoms with Gasteiger partial charge in [-0.15, -0.1) is 0 Å². The molecular formula is C22H29N3O3S. The van der Waals surface area contributed by atoms with Crippen LogP contribution >= 0.6 is 0 Å². The fraction of sp³-hybridized carbons (Fsp3) is 0.409. The summed E-state index contributed by atoms with van der Waals surface area (Å²) >= 11 is 0. The molecule has 1 N–H and O–H groups in total. The van der Waals surface area contributed by atoms with Crippen molar-refractivity contribution < 1.29 is 13.2 Å². The van der Waals surface area contributed by atoms with Crippen LogP contribution in [0.15, 0.2) is 59.5 Å². The number of rotatable bonds is 6. The molecule has 1 aliphatic rings. The number of likely N-dealkylation sites (tertiary alicyclic amines) is 1. The second-order valence-corrected chi connectivity index (χ2v) is 9.99. The predicted octanol–water partition coefficient (Wildman–Crippen LogP) is 3.43. The van der Waals surface area contributed by atoms with Gasteiger partial charge in [-0.1, -0.05) is 38.1 Å². The average molecular weight is 416 g/mol. The van der Waals surface area contributed by atoms with Crippen LogP contribution in [-0.4, -0.2) is 45.9 Å². The SMILES string of the molecule is CC1CC(C)CN(CC(=O)Nc2cccc(S(=O)(=O)N(C)c3ccccc3)c2)C1. The molecule has 1 heterocycles. The number of nitrogens with zero attached hydrogens (tertiary/aromatic N) is 2. The van der Waals surface area contributed by atoms with E-state index in [2.05, 4.69) is 24.1 Å². The van der Waals surface area contributed by atoms with Gasteiger partial charge >= 0.3 is 0 Å². The quantitative estimate of drug-likeness (QED) is 0.785. The molecule has 156 valence electrons. The van der Waals surface area contributed by atoms with E-state index >= 15 is 0 Å². The lowest BCUT2D eigenvalue weighted by atomic mass is 9.92. The van der Waals surface area contributed by atoms with Crippen molar-refractivity contribution in [3.8, 4) is 0 Å². The number of sulfonamides is 1. The Morgan fingerprint density at radius 1 is 1.07 bits per heavy atom. The lowest BCUT2D eigenvalue weighted by Crippen LogP contribution is -2.42. The minimum Gasteiger partial charge on any atom is -0.325 e. The summed E-state index contributed by atoms with van der Waals surface area (Å²) in [4.78, 5) is 14.8. The Hall–Kier alpha value is -2.38. The van der Waals surface area contributed by atoms with Crippen molar-refractivity contribution in [1.29, 1.82) is 0 Å². The van der Waals surface area contributed by atoms with E-state index in [1.807, 2.05) is 6.07 Å². The standard InChI is InChI=1S/C22H29N3O3S/c1-17-12-18(2)15-25(14-17)16-22(26)23-19-8-7-11-21(13-19)29(27,28)24(3)20-9-5-4-6-10-20/h4-11,13,17-18H,12,14-16H2,1-3H3,(H,23,26). The molecule has 1 saturated heterocycles. The van der Waals surface area contributed by atoms with E-state index in [4.69, 9.17) is 0 Å². The van der Waals surface area contributed by atoms with Crippen LogP contribution in [0, 0.1) is 11.8 Å². The zero-order chi connectivity index (χ0) is 21.0. The van der Waals surface area contributed by atoms with Crippen molar-refractivity contribution in [2.24, 2.45) is 11.8 Å². The smallest absolute Gasteiger partial charge is 0.264 e. The normalized spacial score (nSPS) is 20.2. The summed E-state index contributed by atoms with van der Waals surface area (Å²) in [5.41, 5.74) is 1.06. The van der Waals surface area contributed by atoms with E-state index in [1.165, 1.54) is 23.8 Å². The predicted molar refractivity (Wildman–Crippen MR) is 116 cm³/mol. The maximum Gasteiger partial charge on any atom is 0.264 e. The summed E-state index contributed by atoms with van der Waals surface area (Å²) in [6.07, 6.45) is 1.19. The first-order chi connectivity index (χ1) is 13.8. The highest BCUT2D eigenvalue weighted by Crippen LogP contribution is 2.24. The third-order valence-corrected chi connectivity index (χ3v) is 6.99. The molecule has 2 unspecified atom stereocenters. The summed E-state index contributed by atoms with van der Waals surface area (Å²) < 4.78 is 27.2. The van der Waals surface area contributed by atoms with Crippen molar-refractivity contribution in [2.45, 2.75) is 25.2 Å². The number of para-hydroxylation sites is 1. The summed E-state index contributed by atoms with van der Waals surface area (Å²) in [5, 5.41) is 2.85. The van der Waals surface area contributed by atoms with Gasteiger partial charge < -0.3 is 5.32 Å². The van der Waals surface area contributed by atoms with E-state index in [9.17, 15) is 13.2 Å². The van der Waals surface area contributed by atoms with Gasteiger partial charge in [0.05, 0.1) is 17.1 Å². The Balaban J connectivity index is 1.70. The minimum absolute atomic E-state index is 0.128. The molecule has 1 fully saturated rings. The molecule has 2 atom stereocenters. The van der Waals surface area contributed by atoms with Gasteiger partial charge in [0.2, 0.25) is 5.91 Å². The van der Waals surface area contributed by atoms with Crippen LogP contribution in [0.25, 0.3) is 0 Å². The van der Waals surface area contributed by atoms with Crippen LogP contribution in [0.3, 0.4) is 0 Å². The molecule has 0 aromatic heterocycles. The zero-order valence-corrected chi connectivity index (χ0v) is 18.0. The van der Waals surface area contributed by atoms with Crippen LogP contribution < -0.4 is 9.62 Å². The van der Waals surface area contributed by atoms with Crippen LogP contribution in [0.5, 0.6) is 0 Å². The number of nitrogens with one attached hydrogen (secondary N) is 1. The topological polar surface area (TPSA) is 69.7 Å². The second kappa shape index (κ2) is 8.97. The van der Waals surface area contributed by atoms with Crippen LogP contribution in [0.4, 0.5) is 11.4 Å². The Morgan fingerprint density at radius 3 is 2.38 bits per heavy atom. The number of benzene rings is 2. The van der Waals surface area contributed by atoms with Gasteiger partial charge in [0.15, 0.2) is 0 Å². The third-order valence-electron chi connectivity index (χ3n) is 5.21. The van der Waals surface area contributed by atoms with Crippen molar-refractivity contribution in [2.75, 3.05) is 36.3 Å². The molecule has 1 aliphatic heterocycles. The molecule has 0 bridgehead atoms. The van der Waals surface area contributed by atoms with E-state index in [1.54, 1.807) is 42.5 Å². The first kappa shape index (κ1) is 21.3.